The number of aromatic nitrogens is 1. The van der Waals surface area contributed by atoms with E-state index in [4.69, 9.17) is 0 Å². The van der Waals surface area contributed by atoms with Crippen LogP contribution in [0.1, 0.15) is 18.5 Å². The zero-order valence-corrected chi connectivity index (χ0v) is 13.6. The van der Waals surface area contributed by atoms with Crippen LogP contribution in [0.25, 0.3) is 0 Å². The fourth-order valence-corrected chi connectivity index (χ4v) is 3.65. The Morgan fingerprint density at radius 3 is 2.50 bits per heavy atom. The topological polar surface area (TPSA) is 31.4 Å². The molecule has 3 rings (SSSR count). The van der Waals surface area contributed by atoms with E-state index < -0.39 is 0 Å². The second-order valence-corrected chi connectivity index (χ2v) is 6.47. The van der Waals surface area contributed by atoms with Crippen LogP contribution in [0, 0.1) is 5.92 Å². The van der Waals surface area contributed by atoms with Gasteiger partial charge >= 0.3 is 0 Å². The molecule has 6 heteroatoms. The summed E-state index contributed by atoms with van der Waals surface area (Å²) in [4.78, 5) is 9.58. The standard InChI is InChI=1S/C14H24N4S.ClH/c1-3-15-4-2-13(1)9-17-5-7-18(8-6-17)10-14-11-19-12-16-14;/h11-13,15H,1-10H2;1H. The Hall–Kier alpha value is -0.200. The summed E-state index contributed by atoms with van der Waals surface area (Å²) in [5.41, 5.74) is 3.17. The van der Waals surface area contributed by atoms with Crippen LogP contribution in [0.2, 0.25) is 0 Å². The van der Waals surface area contributed by atoms with Crippen molar-refractivity contribution in [2.24, 2.45) is 5.92 Å². The van der Waals surface area contributed by atoms with Crippen molar-refractivity contribution >= 4 is 23.7 Å². The lowest BCUT2D eigenvalue weighted by Crippen LogP contribution is -2.48. The molecule has 0 amide bonds. The van der Waals surface area contributed by atoms with Gasteiger partial charge < -0.3 is 10.2 Å². The van der Waals surface area contributed by atoms with Crippen LogP contribution in [-0.4, -0.2) is 60.6 Å². The Morgan fingerprint density at radius 1 is 1.15 bits per heavy atom. The predicted molar refractivity (Wildman–Crippen MR) is 86.7 cm³/mol. The van der Waals surface area contributed by atoms with Gasteiger partial charge in [0, 0.05) is 44.6 Å². The lowest BCUT2D eigenvalue weighted by atomic mass is 9.97. The highest BCUT2D eigenvalue weighted by molar-refractivity contribution is 7.07. The average molecular weight is 317 g/mol. The maximum atomic E-state index is 4.38. The number of thiazole rings is 1. The molecule has 0 aromatic carbocycles. The van der Waals surface area contributed by atoms with Gasteiger partial charge in [0.25, 0.3) is 0 Å². The third-order valence-electron chi connectivity index (χ3n) is 4.31. The van der Waals surface area contributed by atoms with Crippen LogP contribution < -0.4 is 5.32 Å². The summed E-state index contributed by atoms with van der Waals surface area (Å²) in [6, 6.07) is 0. The van der Waals surface area contributed by atoms with Crippen molar-refractivity contribution in [2.75, 3.05) is 45.8 Å². The van der Waals surface area contributed by atoms with Crippen LogP contribution in [0.4, 0.5) is 0 Å². The van der Waals surface area contributed by atoms with Crippen molar-refractivity contribution in [3.8, 4) is 0 Å². The van der Waals surface area contributed by atoms with Crippen LogP contribution >= 0.6 is 23.7 Å². The van der Waals surface area contributed by atoms with Gasteiger partial charge in [-0.05, 0) is 31.8 Å². The zero-order valence-electron chi connectivity index (χ0n) is 12.0. The zero-order chi connectivity index (χ0) is 12.9. The molecule has 2 saturated heterocycles. The van der Waals surface area contributed by atoms with Gasteiger partial charge in [0.15, 0.2) is 0 Å². The first-order chi connectivity index (χ1) is 9.40. The van der Waals surface area contributed by atoms with Crippen molar-refractivity contribution in [1.82, 2.24) is 20.1 Å². The molecular formula is C14H25ClN4S. The van der Waals surface area contributed by atoms with Gasteiger partial charge in [-0.1, -0.05) is 0 Å². The molecule has 3 heterocycles. The molecule has 1 aromatic heterocycles. The first kappa shape index (κ1) is 16.2. The summed E-state index contributed by atoms with van der Waals surface area (Å²) < 4.78 is 0. The predicted octanol–water partition coefficient (Wildman–Crippen LogP) is 1.68. The highest BCUT2D eigenvalue weighted by Gasteiger charge is 2.21. The van der Waals surface area contributed by atoms with E-state index in [1.165, 1.54) is 64.3 Å². The highest BCUT2D eigenvalue weighted by Crippen LogP contribution is 2.15. The molecule has 2 aliphatic heterocycles. The van der Waals surface area contributed by atoms with Gasteiger partial charge in [0.1, 0.15) is 0 Å². The number of hydrogen-bond donors (Lipinski definition) is 1. The summed E-state index contributed by atoms with van der Waals surface area (Å²) in [5, 5.41) is 5.62. The minimum atomic E-state index is 0. The molecule has 0 bridgehead atoms. The van der Waals surface area contributed by atoms with Crippen molar-refractivity contribution in [3.05, 3.63) is 16.6 Å². The van der Waals surface area contributed by atoms with Crippen LogP contribution in [0.5, 0.6) is 0 Å². The Morgan fingerprint density at radius 2 is 1.85 bits per heavy atom. The quantitative estimate of drug-likeness (QED) is 0.916. The molecule has 0 aliphatic carbocycles. The van der Waals surface area contributed by atoms with E-state index in [0.29, 0.717) is 0 Å². The van der Waals surface area contributed by atoms with Crippen molar-refractivity contribution in [3.63, 3.8) is 0 Å². The number of hydrogen-bond acceptors (Lipinski definition) is 5. The first-order valence-electron chi connectivity index (χ1n) is 7.42. The molecule has 0 unspecified atom stereocenters. The first-order valence-corrected chi connectivity index (χ1v) is 8.37. The van der Waals surface area contributed by atoms with Crippen molar-refractivity contribution in [2.45, 2.75) is 19.4 Å². The lowest BCUT2D eigenvalue weighted by Gasteiger charge is -2.37. The molecule has 20 heavy (non-hydrogen) atoms. The second-order valence-electron chi connectivity index (χ2n) is 5.75. The third-order valence-corrected chi connectivity index (χ3v) is 4.94. The molecule has 114 valence electrons. The smallest absolute Gasteiger partial charge is 0.0795 e. The highest BCUT2D eigenvalue weighted by atomic mass is 35.5. The number of halogens is 1. The third kappa shape index (κ3) is 4.67. The number of nitrogens with one attached hydrogen (secondary N) is 1. The van der Waals surface area contributed by atoms with E-state index in [1.54, 1.807) is 11.3 Å². The minimum Gasteiger partial charge on any atom is -0.317 e. The number of nitrogens with zero attached hydrogens (tertiary/aromatic N) is 3. The molecule has 2 fully saturated rings. The molecule has 0 spiro atoms. The lowest BCUT2D eigenvalue weighted by molar-refractivity contribution is 0.106. The Bertz CT molecular complexity index is 359. The summed E-state index contributed by atoms with van der Waals surface area (Å²) in [7, 11) is 0. The Kier molecular flexibility index (Phi) is 6.71. The van der Waals surface area contributed by atoms with Crippen LogP contribution in [-0.2, 0) is 6.54 Å². The van der Waals surface area contributed by atoms with E-state index in [-0.39, 0.29) is 12.4 Å². The molecule has 0 radical (unpaired) electrons. The summed E-state index contributed by atoms with van der Waals surface area (Å²) >= 11 is 1.70. The summed E-state index contributed by atoms with van der Waals surface area (Å²) in [6.07, 6.45) is 2.72. The molecule has 1 aromatic rings. The number of piperidine rings is 1. The minimum absolute atomic E-state index is 0. The van der Waals surface area contributed by atoms with Crippen molar-refractivity contribution in [1.29, 1.82) is 0 Å². The average Bonchev–Trinajstić information content (AvgIpc) is 2.95. The van der Waals surface area contributed by atoms with Gasteiger partial charge in [-0.2, -0.15) is 0 Å². The van der Waals surface area contributed by atoms with Gasteiger partial charge in [-0.25, -0.2) is 4.98 Å². The summed E-state index contributed by atoms with van der Waals surface area (Å²) in [5.74, 6) is 0.923. The van der Waals surface area contributed by atoms with E-state index in [1.807, 2.05) is 5.51 Å². The van der Waals surface area contributed by atoms with Gasteiger partial charge in [-0.3, -0.25) is 4.90 Å². The second kappa shape index (κ2) is 8.29. The molecular weight excluding hydrogens is 292 g/mol. The maximum absolute atomic E-state index is 4.38. The largest absolute Gasteiger partial charge is 0.317 e. The fraction of sp³-hybridized carbons (Fsp3) is 0.786. The normalized spacial score (nSPS) is 22.6. The molecule has 2 aliphatic rings. The number of piperazine rings is 1. The van der Waals surface area contributed by atoms with Gasteiger partial charge in [0.05, 0.1) is 11.2 Å². The van der Waals surface area contributed by atoms with E-state index in [9.17, 15) is 0 Å². The van der Waals surface area contributed by atoms with E-state index in [2.05, 4.69) is 25.5 Å². The monoisotopic (exact) mass is 316 g/mol. The van der Waals surface area contributed by atoms with E-state index in [0.717, 1.165) is 12.5 Å². The fourth-order valence-electron chi connectivity index (χ4n) is 3.10. The molecule has 4 nitrogen and oxygen atoms in total. The Labute approximate surface area is 132 Å². The maximum Gasteiger partial charge on any atom is 0.0795 e. The van der Waals surface area contributed by atoms with Crippen LogP contribution in [0.3, 0.4) is 0 Å². The van der Waals surface area contributed by atoms with Crippen LogP contribution in [0.15, 0.2) is 10.9 Å². The van der Waals surface area contributed by atoms with Gasteiger partial charge in [-0.15, -0.1) is 23.7 Å². The SMILES string of the molecule is Cl.c1nc(CN2CCN(CC3CCNCC3)CC2)cs1. The number of rotatable bonds is 4. The molecule has 0 atom stereocenters. The summed E-state index contributed by atoms with van der Waals surface area (Å²) in [6.45, 7) is 9.63. The van der Waals surface area contributed by atoms with Gasteiger partial charge in [0.2, 0.25) is 0 Å². The molecule has 1 N–H and O–H groups in total. The Balaban J connectivity index is 0.00000147. The molecule has 0 saturated carbocycles. The van der Waals surface area contributed by atoms with E-state index >= 15 is 0 Å². The van der Waals surface area contributed by atoms with Crippen molar-refractivity contribution < 1.29 is 0 Å².